The number of ether oxygens (including phenoxy) is 1. The van der Waals surface area contributed by atoms with Crippen molar-refractivity contribution >= 4 is 28.4 Å². The van der Waals surface area contributed by atoms with Crippen molar-refractivity contribution in [3.05, 3.63) is 60.0 Å². The first-order valence-corrected chi connectivity index (χ1v) is 12.5. The minimum atomic E-state index is -1.20. The molecule has 1 aromatic heterocycles. The summed E-state index contributed by atoms with van der Waals surface area (Å²) in [6.45, 7) is 2.09. The number of aromatic nitrogens is 1. The topological polar surface area (TPSA) is 63.6 Å². The highest BCUT2D eigenvalue weighted by Gasteiger charge is 2.49. The normalized spacial score (nSPS) is 21.3. The largest absolute Gasteiger partial charge is 0.497 e. The summed E-state index contributed by atoms with van der Waals surface area (Å²) in [5.74, 6) is -0.169. The number of hydrogen-bond acceptors (Lipinski definition) is 3. The Morgan fingerprint density at radius 3 is 2.40 bits per heavy atom. The number of carbonyl (C=O) groups excluding carboxylic acids is 2. The van der Waals surface area contributed by atoms with Gasteiger partial charge in [-0.1, -0.05) is 32.1 Å². The molecule has 0 spiro atoms. The molecule has 2 aliphatic rings. The molecule has 1 aliphatic heterocycles. The number of nitrogens with one attached hydrogen (secondary N) is 1. The monoisotopic (exact) mass is 477 g/mol. The smallest absolute Gasteiger partial charge is 0.275 e. The maximum atomic E-state index is 14.0. The molecule has 1 fully saturated rings. The summed E-state index contributed by atoms with van der Waals surface area (Å²) in [4.78, 5) is 29.4. The lowest BCUT2D eigenvalue weighted by Gasteiger charge is -2.44. The summed E-state index contributed by atoms with van der Waals surface area (Å²) in [6.07, 6.45) is 7.69. The molecule has 2 amide bonds. The van der Waals surface area contributed by atoms with Gasteiger partial charge in [-0.25, -0.2) is 4.39 Å². The van der Waals surface area contributed by atoms with Gasteiger partial charge in [0.15, 0.2) is 0 Å². The molecule has 0 saturated heterocycles. The summed E-state index contributed by atoms with van der Waals surface area (Å²) in [6, 6.07) is 13.4. The van der Waals surface area contributed by atoms with Crippen molar-refractivity contribution < 1.29 is 18.7 Å². The van der Waals surface area contributed by atoms with Crippen molar-refractivity contribution in [2.24, 2.45) is 0 Å². The van der Waals surface area contributed by atoms with Crippen LogP contribution in [-0.2, 0) is 11.3 Å². The van der Waals surface area contributed by atoms with E-state index in [-0.39, 0.29) is 30.2 Å². The Bertz CT molecular complexity index is 1240. The van der Waals surface area contributed by atoms with E-state index in [1.165, 1.54) is 36.3 Å². The van der Waals surface area contributed by atoms with Crippen LogP contribution in [-0.4, -0.2) is 35.1 Å². The SMILES string of the molecule is COc1ccc2cc3n(c2c1)C[C@@](C)(C(=O)NC1CCCCCCC1)N(c1ccc(F)cc1)C3=O. The number of rotatable bonds is 4. The lowest BCUT2D eigenvalue weighted by atomic mass is 9.91. The van der Waals surface area contributed by atoms with E-state index < -0.39 is 5.54 Å². The molecule has 6 nitrogen and oxygen atoms in total. The van der Waals surface area contributed by atoms with Gasteiger partial charge in [-0.3, -0.25) is 14.5 Å². The molecule has 0 unspecified atom stereocenters. The highest BCUT2D eigenvalue weighted by molar-refractivity contribution is 6.14. The fourth-order valence-corrected chi connectivity index (χ4v) is 5.53. The second-order valence-corrected chi connectivity index (χ2v) is 9.95. The quantitative estimate of drug-likeness (QED) is 0.545. The van der Waals surface area contributed by atoms with Crippen LogP contribution in [0.2, 0.25) is 0 Å². The van der Waals surface area contributed by atoms with Crippen molar-refractivity contribution in [3.8, 4) is 5.75 Å². The lowest BCUT2D eigenvalue weighted by Crippen LogP contribution is -2.65. The van der Waals surface area contributed by atoms with Gasteiger partial charge in [0, 0.05) is 23.2 Å². The molecule has 5 rings (SSSR count). The van der Waals surface area contributed by atoms with Gasteiger partial charge in [-0.15, -0.1) is 0 Å². The summed E-state index contributed by atoms with van der Waals surface area (Å²) in [7, 11) is 1.61. The van der Waals surface area contributed by atoms with Crippen LogP contribution >= 0.6 is 0 Å². The van der Waals surface area contributed by atoms with E-state index in [0.29, 0.717) is 17.1 Å². The van der Waals surface area contributed by atoms with Crippen molar-refractivity contribution in [1.29, 1.82) is 0 Å². The number of anilines is 1. The predicted molar refractivity (Wildman–Crippen MR) is 134 cm³/mol. The van der Waals surface area contributed by atoms with Crippen LogP contribution < -0.4 is 15.0 Å². The van der Waals surface area contributed by atoms with E-state index in [0.717, 1.165) is 36.6 Å². The third-order valence-electron chi connectivity index (χ3n) is 7.51. The zero-order valence-electron chi connectivity index (χ0n) is 20.4. The third-order valence-corrected chi connectivity index (χ3v) is 7.51. The van der Waals surface area contributed by atoms with E-state index in [9.17, 15) is 14.0 Å². The average molecular weight is 478 g/mol. The minimum absolute atomic E-state index is 0.0905. The van der Waals surface area contributed by atoms with Crippen LogP contribution in [0.25, 0.3) is 10.9 Å². The number of amides is 2. The molecular weight excluding hydrogens is 445 g/mol. The Labute approximate surface area is 205 Å². The Hall–Kier alpha value is -3.35. The van der Waals surface area contributed by atoms with Gasteiger partial charge < -0.3 is 14.6 Å². The molecular formula is C28H32FN3O3. The third kappa shape index (κ3) is 4.28. The number of carbonyl (C=O) groups is 2. The zero-order chi connectivity index (χ0) is 24.6. The maximum Gasteiger partial charge on any atom is 0.275 e. The molecule has 184 valence electrons. The Morgan fingerprint density at radius 1 is 1.03 bits per heavy atom. The summed E-state index contributed by atoms with van der Waals surface area (Å²) in [5.41, 5.74) is 0.644. The second kappa shape index (κ2) is 9.36. The van der Waals surface area contributed by atoms with Crippen LogP contribution in [0.3, 0.4) is 0 Å². The fraction of sp³-hybridized carbons (Fsp3) is 0.429. The Morgan fingerprint density at radius 2 is 1.71 bits per heavy atom. The van der Waals surface area contributed by atoms with E-state index in [2.05, 4.69) is 5.32 Å². The van der Waals surface area contributed by atoms with Crippen LogP contribution in [0.4, 0.5) is 10.1 Å². The van der Waals surface area contributed by atoms with E-state index in [1.54, 1.807) is 19.2 Å². The molecule has 7 heteroatoms. The first kappa shape index (κ1) is 23.4. The average Bonchev–Trinajstić information content (AvgIpc) is 3.19. The first-order valence-electron chi connectivity index (χ1n) is 12.5. The predicted octanol–water partition coefficient (Wildman–Crippen LogP) is 5.44. The lowest BCUT2D eigenvalue weighted by molar-refractivity contribution is -0.127. The van der Waals surface area contributed by atoms with Gasteiger partial charge in [-0.05, 0) is 62.2 Å². The molecule has 1 N–H and O–H groups in total. The Kier molecular flexibility index (Phi) is 6.26. The van der Waals surface area contributed by atoms with Gasteiger partial charge >= 0.3 is 0 Å². The first-order chi connectivity index (χ1) is 16.9. The highest BCUT2D eigenvalue weighted by Crippen LogP contribution is 2.37. The molecule has 2 heterocycles. The number of nitrogens with zero attached hydrogens (tertiary/aromatic N) is 2. The maximum absolute atomic E-state index is 14.0. The molecule has 35 heavy (non-hydrogen) atoms. The molecule has 1 aliphatic carbocycles. The zero-order valence-corrected chi connectivity index (χ0v) is 20.4. The highest BCUT2D eigenvalue weighted by atomic mass is 19.1. The molecule has 2 aromatic carbocycles. The minimum Gasteiger partial charge on any atom is -0.497 e. The van der Waals surface area contributed by atoms with Gasteiger partial charge in [0.25, 0.3) is 5.91 Å². The molecule has 1 atom stereocenters. The van der Waals surface area contributed by atoms with Gasteiger partial charge in [0.2, 0.25) is 5.91 Å². The van der Waals surface area contributed by atoms with Crippen LogP contribution in [0.5, 0.6) is 5.75 Å². The van der Waals surface area contributed by atoms with Crippen molar-refractivity contribution in [2.75, 3.05) is 12.0 Å². The number of hydrogen-bond donors (Lipinski definition) is 1. The molecule has 3 aromatic rings. The molecule has 0 bridgehead atoms. The summed E-state index contributed by atoms with van der Waals surface area (Å²) >= 11 is 0. The van der Waals surface area contributed by atoms with Crippen molar-refractivity contribution in [1.82, 2.24) is 9.88 Å². The van der Waals surface area contributed by atoms with Gasteiger partial charge in [-0.2, -0.15) is 0 Å². The van der Waals surface area contributed by atoms with Gasteiger partial charge in [0.05, 0.1) is 19.2 Å². The number of benzene rings is 2. The second-order valence-electron chi connectivity index (χ2n) is 9.95. The van der Waals surface area contributed by atoms with Crippen LogP contribution in [0, 0.1) is 5.82 Å². The van der Waals surface area contributed by atoms with E-state index in [1.807, 2.05) is 35.8 Å². The molecule has 1 saturated carbocycles. The number of fused-ring (bicyclic) bond motifs is 3. The standard InChI is InChI=1S/C28H32FN3O3/c1-28(27(34)30-21-8-6-4-3-5-7-9-21)18-31-24-17-23(35-2)15-10-19(24)16-25(31)26(33)32(28)22-13-11-20(29)12-14-22/h10-17,21H,3-9,18H2,1-2H3,(H,30,34)/t28-/m0/s1. The molecule has 0 radical (unpaired) electrons. The number of methoxy groups -OCH3 is 1. The van der Waals surface area contributed by atoms with Crippen LogP contribution in [0.15, 0.2) is 48.5 Å². The fourth-order valence-electron chi connectivity index (χ4n) is 5.53. The van der Waals surface area contributed by atoms with Gasteiger partial charge in [0.1, 0.15) is 22.8 Å². The van der Waals surface area contributed by atoms with Crippen molar-refractivity contribution in [3.63, 3.8) is 0 Å². The van der Waals surface area contributed by atoms with E-state index in [4.69, 9.17) is 4.74 Å². The Balaban J connectivity index is 1.58. The van der Waals surface area contributed by atoms with E-state index >= 15 is 0 Å². The van der Waals surface area contributed by atoms with Crippen LogP contribution in [0.1, 0.15) is 62.4 Å². The number of halogens is 1. The summed E-state index contributed by atoms with van der Waals surface area (Å²) < 4.78 is 21.1. The summed E-state index contributed by atoms with van der Waals surface area (Å²) in [5, 5.41) is 4.18. The van der Waals surface area contributed by atoms with Crippen molar-refractivity contribution in [2.45, 2.75) is 70.0 Å².